The lowest BCUT2D eigenvalue weighted by atomic mass is 10.1. The Morgan fingerprint density at radius 3 is 2.47 bits per heavy atom. The minimum Gasteiger partial charge on any atom is -0.454 e. The van der Waals surface area contributed by atoms with Crippen molar-refractivity contribution >= 4 is 29.1 Å². The summed E-state index contributed by atoms with van der Waals surface area (Å²) in [6.07, 6.45) is 0.144. The number of ether oxygens (including phenoxy) is 2. The van der Waals surface area contributed by atoms with Crippen LogP contribution in [0.15, 0.2) is 47.8 Å². The number of rotatable bonds is 7. The summed E-state index contributed by atoms with van der Waals surface area (Å²) in [6.45, 7) is 4.36. The monoisotopic (exact) mass is 430 g/mol. The summed E-state index contributed by atoms with van der Waals surface area (Å²) in [7, 11) is 0. The lowest BCUT2D eigenvalue weighted by molar-refractivity contribution is -0.158. The summed E-state index contributed by atoms with van der Waals surface area (Å²) in [5, 5.41) is 4.53. The fraction of sp³-hybridized carbons (Fsp3) is 0.409. The van der Waals surface area contributed by atoms with E-state index in [2.05, 4.69) is 5.32 Å². The molecule has 1 aliphatic rings. The van der Waals surface area contributed by atoms with Gasteiger partial charge >= 0.3 is 5.97 Å². The number of amides is 2. The Morgan fingerprint density at radius 2 is 1.83 bits per heavy atom. The Labute approximate surface area is 180 Å². The van der Waals surface area contributed by atoms with Gasteiger partial charge in [-0.3, -0.25) is 9.59 Å². The molecule has 0 aliphatic carbocycles. The van der Waals surface area contributed by atoms with Crippen molar-refractivity contribution in [2.75, 3.05) is 19.7 Å². The first-order chi connectivity index (χ1) is 14.4. The van der Waals surface area contributed by atoms with Crippen molar-refractivity contribution in [3.63, 3.8) is 0 Å². The van der Waals surface area contributed by atoms with E-state index in [1.807, 2.05) is 44.2 Å². The summed E-state index contributed by atoms with van der Waals surface area (Å²) in [5.41, 5.74) is 0.882. The van der Waals surface area contributed by atoms with E-state index in [1.54, 1.807) is 22.4 Å². The molecule has 0 saturated carbocycles. The van der Waals surface area contributed by atoms with Gasteiger partial charge in [-0.05, 0) is 30.9 Å². The highest BCUT2D eigenvalue weighted by Crippen LogP contribution is 2.12. The Hall–Kier alpha value is -2.71. The van der Waals surface area contributed by atoms with E-state index in [4.69, 9.17) is 9.47 Å². The molecule has 1 aromatic carbocycles. The maximum atomic E-state index is 12.7. The molecule has 2 amide bonds. The lowest BCUT2D eigenvalue weighted by Gasteiger charge is -2.35. The van der Waals surface area contributed by atoms with Gasteiger partial charge in [0.25, 0.3) is 11.8 Å². The summed E-state index contributed by atoms with van der Waals surface area (Å²) in [5.74, 6) is -1.25. The number of carbonyl (C=O) groups is 3. The predicted octanol–water partition coefficient (Wildman–Crippen LogP) is 2.27. The number of thiophene rings is 1. The second-order valence-electron chi connectivity index (χ2n) is 7.36. The molecule has 1 fully saturated rings. The number of esters is 1. The highest BCUT2D eigenvalue weighted by Gasteiger charge is 2.28. The molecule has 3 atom stereocenters. The zero-order valence-electron chi connectivity index (χ0n) is 17.1. The van der Waals surface area contributed by atoms with Crippen LogP contribution >= 0.6 is 11.3 Å². The molecule has 1 aromatic heterocycles. The molecule has 0 spiro atoms. The van der Waals surface area contributed by atoms with Crippen LogP contribution in [0.5, 0.6) is 0 Å². The molecule has 2 unspecified atom stereocenters. The molecule has 3 rings (SSSR count). The zero-order valence-corrected chi connectivity index (χ0v) is 17.9. The van der Waals surface area contributed by atoms with Crippen LogP contribution in [0.2, 0.25) is 0 Å². The number of benzene rings is 1. The molecular weight excluding hydrogens is 404 g/mol. The number of nitrogens with one attached hydrogen (secondary N) is 1. The first kappa shape index (κ1) is 22.0. The number of morpholine rings is 1. The van der Waals surface area contributed by atoms with Crippen LogP contribution in [0.3, 0.4) is 0 Å². The maximum absolute atomic E-state index is 12.7. The van der Waals surface area contributed by atoms with E-state index in [1.165, 1.54) is 11.3 Å². The average molecular weight is 431 g/mol. The van der Waals surface area contributed by atoms with Crippen molar-refractivity contribution in [2.24, 2.45) is 0 Å². The highest BCUT2D eigenvalue weighted by molar-refractivity contribution is 7.12. The molecule has 30 heavy (non-hydrogen) atoms. The lowest BCUT2D eigenvalue weighted by Crippen LogP contribution is -2.50. The van der Waals surface area contributed by atoms with Gasteiger partial charge in [0.05, 0.1) is 17.1 Å². The molecule has 0 bridgehead atoms. The Balaban J connectivity index is 1.62. The molecule has 1 N–H and O–H groups in total. The van der Waals surface area contributed by atoms with Gasteiger partial charge in [0.2, 0.25) is 0 Å². The quantitative estimate of drug-likeness (QED) is 0.681. The van der Waals surface area contributed by atoms with Gasteiger partial charge in [0, 0.05) is 19.5 Å². The minimum absolute atomic E-state index is 0.0654. The molecule has 0 radical (unpaired) electrons. The van der Waals surface area contributed by atoms with Gasteiger partial charge in [0.1, 0.15) is 6.04 Å². The van der Waals surface area contributed by atoms with E-state index >= 15 is 0 Å². The average Bonchev–Trinajstić information content (AvgIpc) is 3.26. The third-order valence-corrected chi connectivity index (χ3v) is 5.60. The van der Waals surface area contributed by atoms with E-state index in [9.17, 15) is 14.4 Å². The Kier molecular flexibility index (Phi) is 7.59. The molecule has 1 aliphatic heterocycles. The van der Waals surface area contributed by atoms with Crippen molar-refractivity contribution in [1.29, 1.82) is 0 Å². The third kappa shape index (κ3) is 6.14. The minimum atomic E-state index is -0.891. The second-order valence-corrected chi connectivity index (χ2v) is 8.30. The second kappa shape index (κ2) is 10.4. The normalized spacial score (nSPS) is 19.7. The fourth-order valence-electron chi connectivity index (χ4n) is 3.39. The van der Waals surface area contributed by atoms with Crippen molar-refractivity contribution in [2.45, 2.75) is 38.5 Å². The van der Waals surface area contributed by atoms with Gasteiger partial charge in [-0.15, -0.1) is 11.3 Å². The van der Waals surface area contributed by atoms with E-state index < -0.39 is 12.0 Å². The Bertz CT molecular complexity index is 846. The molecular formula is C22H26N2O5S. The van der Waals surface area contributed by atoms with Crippen LogP contribution in [-0.4, -0.2) is 60.6 Å². The van der Waals surface area contributed by atoms with Crippen LogP contribution < -0.4 is 5.32 Å². The fourth-order valence-corrected chi connectivity index (χ4v) is 4.01. The SMILES string of the molecule is CC1CN(C(=O)COC(=O)[C@H](Cc2ccccc2)NC(=O)c2cccs2)CC(C)O1. The highest BCUT2D eigenvalue weighted by atomic mass is 32.1. The van der Waals surface area contributed by atoms with E-state index in [0.29, 0.717) is 18.0 Å². The van der Waals surface area contributed by atoms with Crippen LogP contribution in [0.4, 0.5) is 0 Å². The maximum Gasteiger partial charge on any atom is 0.329 e. The largest absolute Gasteiger partial charge is 0.454 e. The van der Waals surface area contributed by atoms with Gasteiger partial charge in [-0.2, -0.15) is 0 Å². The van der Waals surface area contributed by atoms with Crippen LogP contribution in [0.25, 0.3) is 0 Å². The van der Waals surface area contributed by atoms with Crippen LogP contribution in [0.1, 0.15) is 29.1 Å². The van der Waals surface area contributed by atoms with Crippen molar-refractivity contribution < 1.29 is 23.9 Å². The van der Waals surface area contributed by atoms with Crippen molar-refractivity contribution in [1.82, 2.24) is 10.2 Å². The number of carbonyl (C=O) groups excluding carboxylic acids is 3. The summed E-state index contributed by atoms with van der Waals surface area (Å²) in [6, 6.07) is 11.9. The van der Waals surface area contributed by atoms with Crippen molar-refractivity contribution in [3.8, 4) is 0 Å². The molecule has 160 valence electrons. The summed E-state index contributed by atoms with van der Waals surface area (Å²) >= 11 is 1.29. The first-order valence-electron chi connectivity index (χ1n) is 9.90. The predicted molar refractivity (Wildman–Crippen MR) is 113 cm³/mol. The van der Waals surface area contributed by atoms with E-state index in [-0.39, 0.29) is 37.0 Å². The number of nitrogens with zero attached hydrogens (tertiary/aromatic N) is 1. The Morgan fingerprint density at radius 1 is 1.13 bits per heavy atom. The van der Waals surface area contributed by atoms with Crippen LogP contribution in [-0.2, 0) is 25.5 Å². The molecule has 2 aromatic rings. The summed E-state index contributed by atoms with van der Waals surface area (Å²) in [4.78, 5) is 39.9. The standard InChI is InChI=1S/C22H26N2O5S/c1-15-12-24(13-16(2)29-15)20(25)14-28-22(27)18(11-17-7-4-3-5-8-17)23-21(26)19-9-6-10-30-19/h3-10,15-16,18H,11-14H2,1-2H3,(H,23,26)/t15?,16?,18-/m0/s1. The van der Waals surface area contributed by atoms with Crippen LogP contribution in [0, 0.1) is 0 Å². The zero-order chi connectivity index (χ0) is 21.5. The molecule has 8 heteroatoms. The topological polar surface area (TPSA) is 84.9 Å². The van der Waals surface area contributed by atoms with Crippen molar-refractivity contribution in [3.05, 3.63) is 58.3 Å². The third-order valence-electron chi connectivity index (χ3n) is 4.73. The van der Waals surface area contributed by atoms with Gasteiger partial charge in [-0.1, -0.05) is 36.4 Å². The van der Waals surface area contributed by atoms with Gasteiger partial charge < -0.3 is 19.7 Å². The van der Waals surface area contributed by atoms with Gasteiger partial charge in [-0.25, -0.2) is 4.79 Å². The summed E-state index contributed by atoms with van der Waals surface area (Å²) < 4.78 is 10.9. The number of hydrogen-bond acceptors (Lipinski definition) is 6. The number of hydrogen-bond donors (Lipinski definition) is 1. The molecule has 7 nitrogen and oxygen atoms in total. The smallest absolute Gasteiger partial charge is 0.329 e. The van der Waals surface area contributed by atoms with Gasteiger partial charge in [0.15, 0.2) is 6.61 Å². The van der Waals surface area contributed by atoms with E-state index in [0.717, 1.165) is 5.56 Å². The molecule has 1 saturated heterocycles. The first-order valence-corrected chi connectivity index (χ1v) is 10.8. The molecule has 2 heterocycles.